The molecule has 0 radical (unpaired) electrons. The maximum Gasteiger partial charge on any atom is 0.410 e. The normalized spacial score (nSPS) is 36.6. The third kappa shape index (κ3) is 2.80. The number of amides is 1. The molecule has 2 unspecified atom stereocenters. The van der Waals surface area contributed by atoms with E-state index in [-0.39, 0.29) is 11.7 Å². The Labute approximate surface area is 122 Å². The van der Waals surface area contributed by atoms with Crippen LogP contribution in [0.5, 0.6) is 0 Å². The highest BCUT2D eigenvalue weighted by Gasteiger charge is 2.54. The maximum absolute atomic E-state index is 12.2. The number of hydrogen-bond acceptors (Lipinski definition) is 3. The summed E-state index contributed by atoms with van der Waals surface area (Å²) in [6, 6.07) is 0.455. The van der Waals surface area contributed by atoms with Gasteiger partial charge in [0.25, 0.3) is 0 Å². The van der Waals surface area contributed by atoms with Gasteiger partial charge in [-0.05, 0) is 77.3 Å². The van der Waals surface area contributed by atoms with Crippen LogP contribution < -0.4 is 5.32 Å². The van der Waals surface area contributed by atoms with Crippen molar-refractivity contribution in [3.05, 3.63) is 0 Å². The first-order valence-electron chi connectivity index (χ1n) is 8.14. The number of piperidine rings is 1. The largest absolute Gasteiger partial charge is 0.444 e. The smallest absolute Gasteiger partial charge is 0.410 e. The second-order valence-electron chi connectivity index (χ2n) is 7.81. The lowest BCUT2D eigenvalue weighted by Gasteiger charge is -2.39. The SMILES string of the molecule is CC(C)(C)OC(=O)N1C[C@@H]2C[C@H]1C2CC1CCCNC1. The molecule has 1 saturated carbocycles. The van der Waals surface area contributed by atoms with Gasteiger partial charge in [0.2, 0.25) is 0 Å². The van der Waals surface area contributed by atoms with Crippen LogP contribution in [0, 0.1) is 17.8 Å². The molecule has 20 heavy (non-hydrogen) atoms. The topological polar surface area (TPSA) is 41.6 Å². The van der Waals surface area contributed by atoms with Crippen LogP contribution in [-0.2, 0) is 4.74 Å². The number of nitrogens with one attached hydrogen (secondary N) is 1. The van der Waals surface area contributed by atoms with E-state index in [1.165, 1.54) is 38.8 Å². The summed E-state index contributed by atoms with van der Waals surface area (Å²) in [5, 5.41) is 3.50. The number of carbonyl (C=O) groups excluding carboxylic acids is 1. The molecule has 0 aromatic carbocycles. The van der Waals surface area contributed by atoms with E-state index in [0.717, 1.165) is 24.3 Å². The highest BCUT2D eigenvalue weighted by Crippen LogP contribution is 2.50. The molecule has 4 nitrogen and oxygen atoms in total. The summed E-state index contributed by atoms with van der Waals surface area (Å²) in [5.74, 6) is 2.28. The number of fused-ring (bicyclic) bond motifs is 1. The van der Waals surface area contributed by atoms with E-state index in [4.69, 9.17) is 4.74 Å². The van der Waals surface area contributed by atoms with Crippen molar-refractivity contribution >= 4 is 6.09 Å². The minimum atomic E-state index is -0.382. The molecule has 0 spiro atoms. The molecule has 1 aliphatic carbocycles. The van der Waals surface area contributed by atoms with Crippen LogP contribution in [0.25, 0.3) is 0 Å². The van der Waals surface area contributed by atoms with Gasteiger partial charge in [-0.15, -0.1) is 0 Å². The molecule has 4 fully saturated rings. The molecule has 4 aliphatic rings. The van der Waals surface area contributed by atoms with Gasteiger partial charge in [0.15, 0.2) is 0 Å². The molecule has 4 atom stereocenters. The minimum Gasteiger partial charge on any atom is -0.444 e. The van der Waals surface area contributed by atoms with Gasteiger partial charge >= 0.3 is 6.09 Å². The van der Waals surface area contributed by atoms with Gasteiger partial charge in [-0.1, -0.05) is 0 Å². The fourth-order valence-corrected chi connectivity index (χ4v) is 4.12. The number of carbonyl (C=O) groups is 1. The van der Waals surface area contributed by atoms with E-state index >= 15 is 0 Å². The first-order valence-corrected chi connectivity index (χ1v) is 8.14. The molecule has 0 aromatic heterocycles. The fourth-order valence-electron chi connectivity index (χ4n) is 4.12. The van der Waals surface area contributed by atoms with Crippen molar-refractivity contribution in [3.63, 3.8) is 0 Å². The van der Waals surface area contributed by atoms with Gasteiger partial charge in [0.05, 0.1) is 0 Å². The van der Waals surface area contributed by atoms with Gasteiger partial charge in [0.1, 0.15) is 5.60 Å². The molecule has 4 heteroatoms. The number of rotatable bonds is 2. The quantitative estimate of drug-likeness (QED) is 0.845. The minimum absolute atomic E-state index is 0.103. The molecule has 114 valence electrons. The van der Waals surface area contributed by atoms with Crippen molar-refractivity contribution in [1.29, 1.82) is 0 Å². The summed E-state index contributed by atoms with van der Waals surface area (Å²) < 4.78 is 5.53. The molecular weight excluding hydrogens is 252 g/mol. The first-order chi connectivity index (χ1) is 9.44. The summed E-state index contributed by atoms with van der Waals surface area (Å²) in [6.45, 7) is 9.09. The lowest BCUT2D eigenvalue weighted by atomic mass is 9.69. The lowest BCUT2D eigenvalue weighted by Crippen LogP contribution is -2.44. The number of ether oxygens (including phenoxy) is 1. The summed E-state index contributed by atoms with van der Waals surface area (Å²) >= 11 is 0. The average Bonchev–Trinajstić information content (AvgIpc) is 2.94. The summed E-state index contributed by atoms with van der Waals surface area (Å²) in [4.78, 5) is 14.2. The van der Waals surface area contributed by atoms with Crippen molar-refractivity contribution in [3.8, 4) is 0 Å². The number of nitrogens with zero attached hydrogens (tertiary/aromatic N) is 1. The zero-order chi connectivity index (χ0) is 14.3. The van der Waals surface area contributed by atoms with E-state index in [2.05, 4.69) is 5.32 Å². The van der Waals surface area contributed by atoms with Crippen molar-refractivity contribution < 1.29 is 9.53 Å². The van der Waals surface area contributed by atoms with Crippen LogP contribution in [0.4, 0.5) is 4.79 Å². The Morgan fingerprint density at radius 3 is 2.85 bits per heavy atom. The van der Waals surface area contributed by atoms with Gasteiger partial charge < -0.3 is 15.0 Å². The molecule has 2 bridgehead atoms. The first kappa shape index (κ1) is 14.2. The zero-order valence-electron chi connectivity index (χ0n) is 13.0. The van der Waals surface area contributed by atoms with Crippen LogP contribution in [0.3, 0.4) is 0 Å². The molecule has 1 amide bonds. The van der Waals surface area contributed by atoms with Crippen molar-refractivity contribution in [1.82, 2.24) is 10.2 Å². The highest BCUT2D eigenvalue weighted by atomic mass is 16.6. The maximum atomic E-state index is 12.2. The summed E-state index contributed by atoms with van der Waals surface area (Å²) in [5.41, 5.74) is -0.382. The molecule has 1 N–H and O–H groups in total. The molecule has 3 saturated heterocycles. The lowest BCUT2D eigenvalue weighted by molar-refractivity contribution is 0.0184. The molecule has 0 aromatic rings. The third-order valence-corrected chi connectivity index (χ3v) is 5.11. The average molecular weight is 280 g/mol. The Hall–Kier alpha value is -0.770. The van der Waals surface area contributed by atoms with E-state index in [1.807, 2.05) is 25.7 Å². The summed E-state index contributed by atoms with van der Waals surface area (Å²) in [6.07, 6.45) is 5.05. The van der Waals surface area contributed by atoms with Crippen LogP contribution in [-0.4, -0.2) is 42.3 Å². The Bertz CT molecular complexity index is 371. The Kier molecular flexibility index (Phi) is 3.69. The van der Waals surface area contributed by atoms with E-state index in [1.54, 1.807) is 0 Å². The Balaban J connectivity index is 1.53. The van der Waals surface area contributed by atoms with Crippen LogP contribution in [0.2, 0.25) is 0 Å². The second-order valence-corrected chi connectivity index (χ2v) is 7.81. The molecular formula is C16H28N2O2. The van der Waals surface area contributed by atoms with E-state index in [9.17, 15) is 4.79 Å². The van der Waals surface area contributed by atoms with E-state index < -0.39 is 0 Å². The molecule has 3 heterocycles. The van der Waals surface area contributed by atoms with Crippen LogP contribution in [0.15, 0.2) is 0 Å². The molecule has 3 aliphatic heterocycles. The predicted molar refractivity (Wildman–Crippen MR) is 78.5 cm³/mol. The van der Waals surface area contributed by atoms with Crippen molar-refractivity contribution in [2.24, 2.45) is 17.8 Å². The zero-order valence-corrected chi connectivity index (χ0v) is 13.0. The predicted octanol–water partition coefficient (Wildman–Crippen LogP) is 2.63. The van der Waals surface area contributed by atoms with Crippen LogP contribution >= 0.6 is 0 Å². The monoisotopic (exact) mass is 280 g/mol. The van der Waals surface area contributed by atoms with Gasteiger partial charge in [-0.3, -0.25) is 0 Å². The highest BCUT2D eigenvalue weighted by molar-refractivity contribution is 5.69. The Morgan fingerprint density at radius 2 is 2.20 bits per heavy atom. The van der Waals surface area contributed by atoms with Crippen molar-refractivity contribution in [2.45, 2.75) is 58.1 Å². The Morgan fingerprint density at radius 1 is 1.40 bits per heavy atom. The second kappa shape index (κ2) is 5.21. The summed E-state index contributed by atoms with van der Waals surface area (Å²) in [7, 11) is 0. The van der Waals surface area contributed by atoms with Gasteiger partial charge in [0, 0.05) is 12.6 Å². The fraction of sp³-hybridized carbons (Fsp3) is 0.938. The van der Waals surface area contributed by atoms with E-state index in [0.29, 0.717) is 6.04 Å². The number of hydrogen-bond donors (Lipinski definition) is 1. The molecule has 4 rings (SSSR count). The van der Waals surface area contributed by atoms with Gasteiger partial charge in [-0.2, -0.15) is 0 Å². The standard InChI is InChI=1S/C16H28N2O2/c1-16(2,3)20-15(19)18-10-12-8-14(18)13(12)7-11-5-4-6-17-9-11/h11-14,17H,4-10H2,1-3H3/t11?,12-,13?,14-/m0/s1. The van der Waals surface area contributed by atoms with Gasteiger partial charge in [-0.25, -0.2) is 4.79 Å². The third-order valence-electron chi connectivity index (χ3n) is 5.11. The van der Waals surface area contributed by atoms with Crippen LogP contribution in [0.1, 0.15) is 46.5 Å². The van der Waals surface area contributed by atoms with Crippen molar-refractivity contribution in [2.75, 3.05) is 19.6 Å².